The fourth-order valence-corrected chi connectivity index (χ4v) is 2.66. The van der Waals surface area contributed by atoms with Gasteiger partial charge in [-0.05, 0) is 18.8 Å². The number of ether oxygens (including phenoxy) is 1. The summed E-state index contributed by atoms with van der Waals surface area (Å²) >= 11 is 0. The number of carbonyl (C=O) groups excluding carboxylic acids is 1. The van der Waals surface area contributed by atoms with Crippen LogP contribution in [-0.2, 0) is 9.53 Å². The smallest absolute Gasteiger partial charge is 0.248 e. The van der Waals surface area contributed by atoms with Crippen molar-refractivity contribution in [3.63, 3.8) is 0 Å². The average Bonchev–Trinajstić information content (AvgIpc) is 2.69. The monoisotopic (exact) mass is 199 g/mol. The summed E-state index contributed by atoms with van der Waals surface area (Å²) in [6.45, 7) is 1.69. The number of carbonyl (C=O) groups is 1. The molecule has 2 fully saturated rings. The van der Waals surface area contributed by atoms with Crippen molar-refractivity contribution in [2.75, 3.05) is 26.8 Å². The predicted molar refractivity (Wildman–Crippen MR) is 50.7 cm³/mol. The number of methoxy groups -OCH3 is 1. The van der Waals surface area contributed by atoms with Crippen LogP contribution in [0.4, 0.5) is 0 Å². The predicted octanol–water partition coefficient (Wildman–Crippen LogP) is -0.138. The van der Waals surface area contributed by atoms with E-state index in [1.54, 1.807) is 0 Å². The minimum absolute atomic E-state index is 0.0501. The van der Waals surface area contributed by atoms with Gasteiger partial charge in [0.05, 0.1) is 6.10 Å². The molecule has 0 bridgehead atoms. The van der Waals surface area contributed by atoms with Crippen molar-refractivity contribution in [2.45, 2.75) is 18.9 Å². The Morgan fingerprint density at radius 3 is 2.93 bits per heavy atom. The number of nitrogens with zero attached hydrogens (tertiary/aromatic N) is 1. The van der Waals surface area contributed by atoms with E-state index in [1.165, 1.54) is 7.11 Å². The highest BCUT2D eigenvalue weighted by Gasteiger charge is 2.42. The number of hydrogen-bond donors (Lipinski definition) is 1. The normalized spacial score (nSPS) is 36.1. The number of likely N-dealkylation sites (tertiary alicyclic amines) is 1. The summed E-state index contributed by atoms with van der Waals surface area (Å²) in [6, 6.07) is 0. The fourth-order valence-electron chi connectivity index (χ4n) is 2.66. The minimum atomic E-state index is -0.194. The van der Waals surface area contributed by atoms with Crippen molar-refractivity contribution in [3.8, 4) is 0 Å². The Hall–Kier alpha value is -0.610. The molecule has 3 atom stereocenters. The molecule has 1 heterocycles. The maximum atomic E-state index is 11.5. The van der Waals surface area contributed by atoms with Crippen molar-refractivity contribution in [1.82, 2.24) is 4.90 Å². The molecule has 80 valence electrons. The second-order valence-corrected chi connectivity index (χ2v) is 4.30. The summed E-state index contributed by atoms with van der Waals surface area (Å²) in [5, 5.41) is 9.66. The molecule has 14 heavy (non-hydrogen) atoms. The molecule has 1 saturated heterocycles. The maximum Gasteiger partial charge on any atom is 0.248 e. The third-order valence-electron chi connectivity index (χ3n) is 3.44. The van der Waals surface area contributed by atoms with E-state index in [9.17, 15) is 9.90 Å². The van der Waals surface area contributed by atoms with E-state index < -0.39 is 0 Å². The van der Waals surface area contributed by atoms with Crippen molar-refractivity contribution in [2.24, 2.45) is 11.8 Å². The van der Waals surface area contributed by atoms with E-state index in [1.807, 2.05) is 4.90 Å². The number of fused-ring (bicyclic) bond motifs is 1. The molecule has 0 radical (unpaired) electrons. The van der Waals surface area contributed by atoms with E-state index in [4.69, 9.17) is 4.74 Å². The van der Waals surface area contributed by atoms with Crippen LogP contribution in [0.3, 0.4) is 0 Å². The van der Waals surface area contributed by atoms with Gasteiger partial charge >= 0.3 is 0 Å². The van der Waals surface area contributed by atoms with Crippen LogP contribution in [0.25, 0.3) is 0 Å². The SMILES string of the molecule is COCC(=O)N1CC2CCC(O)C2C1. The molecule has 2 rings (SSSR count). The van der Waals surface area contributed by atoms with Gasteiger partial charge in [-0.2, -0.15) is 0 Å². The molecule has 1 N–H and O–H groups in total. The summed E-state index contributed by atoms with van der Waals surface area (Å²) in [6.07, 6.45) is 1.77. The number of aliphatic hydroxyl groups is 1. The molecule has 2 aliphatic rings. The van der Waals surface area contributed by atoms with Gasteiger partial charge in [0.15, 0.2) is 0 Å². The van der Waals surface area contributed by atoms with Crippen LogP contribution in [0, 0.1) is 11.8 Å². The van der Waals surface area contributed by atoms with Gasteiger partial charge in [0.2, 0.25) is 5.91 Å². The number of amides is 1. The first-order valence-corrected chi connectivity index (χ1v) is 5.17. The number of hydrogen-bond acceptors (Lipinski definition) is 3. The third kappa shape index (κ3) is 1.64. The Morgan fingerprint density at radius 1 is 1.50 bits per heavy atom. The lowest BCUT2D eigenvalue weighted by Crippen LogP contribution is -2.33. The third-order valence-corrected chi connectivity index (χ3v) is 3.44. The van der Waals surface area contributed by atoms with Gasteiger partial charge in [-0.1, -0.05) is 0 Å². The molecular weight excluding hydrogens is 182 g/mol. The van der Waals surface area contributed by atoms with Crippen molar-refractivity contribution < 1.29 is 14.6 Å². The topological polar surface area (TPSA) is 49.8 Å². The van der Waals surface area contributed by atoms with E-state index in [-0.39, 0.29) is 18.6 Å². The summed E-state index contributed by atoms with van der Waals surface area (Å²) in [7, 11) is 1.53. The number of rotatable bonds is 2. The lowest BCUT2D eigenvalue weighted by atomic mass is 10.00. The Balaban J connectivity index is 1.92. The lowest BCUT2D eigenvalue weighted by molar-refractivity contribution is -0.134. The van der Waals surface area contributed by atoms with Crippen LogP contribution in [0.1, 0.15) is 12.8 Å². The molecule has 1 aliphatic heterocycles. The van der Waals surface area contributed by atoms with E-state index in [0.29, 0.717) is 18.4 Å². The van der Waals surface area contributed by atoms with E-state index in [2.05, 4.69) is 0 Å². The number of aliphatic hydroxyl groups excluding tert-OH is 1. The van der Waals surface area contributed by atoms with Gasteiger partial charge in [0.25, 0.3) is 0 Å². The highest BCUT2D eigenvalue weighted by atomic mass is 16.5. The molecule has 1 saturated carbocycles. The first-order valence-electron chi connectivity index (χ1n) is 5.17. The first kappa shape index (κ1) is 9.93. The van der Waals surface area contributed by atoms with Gasteiger partial charge in [-0.15, -0.1) is 0 Å². The Labute approximate surface area is 83.8 Å². The second-order valence-electron chi connectivity index (χ2n) is 4.30. The van der Waals surface area contributed by atoms with Crippen LogP contribution in [-0.4, -0.2) is 48.8 Å². The summed E-state index contributed by atoms with van der Waals surface area (Å²) in [4.78, 5) is 13.3. The first-order chi connectivity index (χ1) is 6.72. The standard InChI is InChI=1S/C10H17NO3/c1-14-6-10(13)11-4-7-2-3-9(12)8(7)5-11/h7-9,12H,2-6H2,1H3. The highest BCUT2D eigenvalue weighted by Crippen LogP contribution is 2.37. The molecule has 0 aromatic heterocycles. The van der Waals surface area contributed by atoms with Gasteiger partial charge in [0, 0.05) is 26.1 Å². The molecule has 3 unspecified atom stereocenters. The molecule has 1 amide bonds. The zero-order valence-electron chi connectivity index (χ0n) is 8.48. The Bertz CT molecular complexity index is 231. The quantitative estimate of drug-likeness (QED) is 0.673. The summed E-state index contributed by atoms with van der Waals surface area (Å²) < 4.78 is 4.81. The second kappa shape index (κ2) is 3.87. The van der Waals surface area contributed by atoms with E-state index >= 15 is 0 Å². The summed E-state index contributed by atoms with van der Waals surface area (Å²) in [5.41, 5.74) is 0. The average molecular weight is 199 g/mol. The highest BCUT2D eigenvalue weighted by molar-refractivity contribution is 5.77. The molecule has 0 aromatic carbocycles. The van der Waals surface area contributed by atoms with Crippen LogP contribution < -0.4 is 0 Å². The molecule has 0 spiro atoms. The largest absolute Gasteiger partial charge is 0.393 e. The minimum Gasteiger partial charge on any atom is -0.393 e. The van der Waals surface area contributed by atoms with Crippen LogP contribution in [0.5, 0.6) is 0 Å². The Kier molecular flexibility index (Phi) is 2.74. The fraction of sp³-hybridized carbons (Fsp3) is 0.900. The molecule has 1 aliphatic carbocycles. The van der Waals surface area contributed by atoms with Crippen LogP contribution >= 0.6 is 0 Å². The zero-order chi connectivity index (χ0) is 10.1. The molecule has 0 aromatic rings. The maximum absolute atomic E-state index is 11.5. The van der Waals surface area contributed by atoms with Gasteiger partial charge in [-0.3, -0.25) is 4.79 Å². The van der Waals surface area contributed by atoms with Crippen LogP contribution in [0.15, 0.2) is 0 Å². The summed E-state index contributed by atoms with van der Waals surface area (Å²) in [5.74, 6) is 0.885. The Morgan fingerprint density at radius 2 is 2.29 bits per heavy atom. The van der Waals surface area contributed by atoms with Gasteiger partial charge < -0.3 is 14.7 Å². The molecule has 4 nitrogen and oxygen atoms in total. The van der Waals surface area contributed by atoms with Crippen molar-refractivity contribution in [3.05, 3.63) is 0 Å². The van der Waals surface area contributed by atoms with Gasteiger partial charge in [0.1, 0.15) is 6.61 Å². The zero-order valence-corrected chi connectivity index (χ0v) is 8.48. The molecule has 4 heteroatoms. The van der Waals surface area contributed by atoms with Crippen LogP contribution in [0.2, 0.25) is 0 Å². The lowest BCUT2D eigenvalue weighted by Gasteiger charge is -2.17. The molecular formula is C10H17NO3. The van der Waals surface area contributed by atoms with Gasteiger partial charge in [-0.25, -0.2) is 0 Å². The van der Waals surface area contributed by atoms with Crippen molar-refractivity contribution in [1.29, 1.82) is 0 Å². The van der Waals surface area contributed by atoms with Crippen molar-refractivity contribution >= 4 is 5.91 Å². The van der Waals surface area contributed by atoms with E-state index in [0.717, 1.165) is 19.4 Å².